The van der Waals surface area contributed by atoms with E-state index in [0.29, 0.717) is 8.95 Å². The number of ether oxygens (including phenoxy) is 1. The predicted octanol–water partition coefficient (Wildman–Crippen LogP) is 5.09. The Kier molecular flexibility index (Phi) is 4.71. The maximum Gasteiger partial charge on any atom is 0.419 e. The highest BCUT2D eigenvalue weighted by Gasteiger charge is 2.39. The molecule has 0 spiro atoms. The van der Waals surface area contributed by atoms with E-state index in [-0.39, 0.29) is 11.5 Å². The van der Waals surface area contributed by atoms with E-state index in [1.807, 2.05) is 0 Å². The summed E-state index contributed by atoms with van der Waals surface area (Å²) in [7, 11) is 0. The van der Waals surface area contributed by atoms with Gasteiger partial charge in [-0.3, -0.25) is 0 Å². The summed E-state index contributed by atoms with van der Waals surface area (Å²) < 4.78 is 45.5. The number of hydrogen-bond acceptors (Lipinski definition) is 2. The van der Waals surface area contributed by atoms with Gasteiger partial charge in [-0.2, -0.15) is 13.2 Å². The minimum absolute atomic E-state index is 0.241. The molecule has 0 radical (unpaired) electrons. The maximum atomic E-state index is 12.9. The molecule has 0 bridgehead atoms. The van der Waals surface area contributed by atoms with Crippen molar-refractivity contribution in [2.75, 3.05) is 0 Å². The summed E-state index contributed by atoms with van der Waals surface area (Å²) in [5.41, 5.74) is -2.00. The number of benzene rings is 1. The lowest BCUT2D eigenvalue weighted by molar-refractivity contribution is -0.0911. The number of hydrogen-bond donors (Lipinski definition) is 1. The Balaban J connectivity index is 2.41. The van der Waals surface area contributed by atoms with Gasteiger partial charge in [-0.15, -0.1) is 0 Å². The number of nitrogens with one attached hydrogen (secondary N) is 1. The minimum Gasteiger partial charge on any atom is -0.457 e. The van der Waals surface area contributed by atoms with Crippen LogP contribution in [0, 0.1) is 0 Å². The van der Waals surface area contributed by atoms with Crippen molar-refractivity contribution in [3.63, 3.8) is 0 Å². The average molecular weight is 433 g/mol. The van der Waals surface area contributed by atoms with E-state index in [1.54, 1.807) is 18.2 Å². The molecule has 0 aromatic heterocycles. The van der Waals surface area contributed by atoms with Crippen molar-refractivity contribution in [1.29, 1.82) is 0 Å². The third-order valence-electron chi connectivity index (χ3n) is 2.36. The lowest BCUT2D eigenvalue weighted by atomic mass is 10.1. The third-order valence-corrected chi connectivity index (χ3v) is 3.60. The topological polar surface area (TPSA) is 21.3 Å². The summed E-state index contributed by atoms with van der Waals surface area (Å²) >= 11 is 12.3. The molecule has 0 aliphatic carbocycles. The van der Waals surface area contributed by atoms with E-state index in [1.165, 1.54) is 0 Å². The lowest BCUT2D eigenvalue weighted by Gasteiger charge is -2.23. The van der Waals surface area contributed by atoms with Crippen molar-refractivity contribution < 1.29 is 17.9 Å². The first-order valence-corrected chi connectivity index (χ1v) is 7.31. The molecule has 2 nitrogen and oxygen atoms in total. The highest BCUT2D eigenvalue weighted by Crippen LogP contribution is 2.35. The molecule has 2 rings (SSSR count). The van der Waals surface area contributed by atoms with Crippen LogP contribution in [0.5, 0.6) is 5.75 Å². The molecule has 108 valence electrons. The van der Waals surface area contributed by atoms with Gasteiger partial charge in [0.2, 0.25) is 0 Å². The molecule has 0 fully saturated rings. The summed E-state index contributed by atoms with van der Waals surface area (Å²) in [6.45, 7) is 0. The normalized spacial score (nSPS) is 19.0. The second kappa shape index (κ2) is 5.99. The van der Waals surface area contributed by atoms with Crippen LogP contribution < -0.4 is 10.1 Å². The van der Waals surface area contributed by atoms with Gasteiger partial charge in [0.15, 0.2) is 11.3 Å². The fourth-order valence-corrected chi connectivity index (χ4v) is 3.05. The van der Waals surface area contributed by atoms with E-state index in [0.717, 1.165) is 12.3 Å². The van der Waals surface area contributed by atoms with Crippen LogP contribution in [-0.2, 0) is 0 Å². The molecule has 1 atom stereocenters. The second-order valence-corrected chi connectivity index (χ2v) is 6.11. The van der Waals surface area contributed by atoms with Crippen molar-refractivity contribution in [3.8, 4) is 5.75 Å². The monoisotopic (exact) mass is 431 g/mol. The maximum absolute atomic E-state index is 12.9. The van der Waals surface area contributed by atoms with Gasteiger partial charge in [-0.05, 0) is 30.5 Å². The van der Waals surface area contributed by atoms with Gasteiger partial charge in [-0.1, -0.05) is 43.5 Å². The van der Waals surface area contributed by atoms with Crippen molar-refractivity contribution in [1.82, 2.24) is 5.32 Å². The average Bonchev–Trinajstić information content (AvgIpc) is 2.29. The van der Waals surface area contributed by atoms with E-state index < -0.39 is 17.3 Å². The number of dihydropyridines is 1. The van der Waals surface area contributed by atoms with Crippen LogP contribution in [0.4, 0.5) is 13.2 Å². The van der Waals surface area contributed by atoms with Crippen LogP contribution in [0.25, 0.3) is 0 Å². The summed E-state index contributed by atoms with van der Waals surface area (Å²) in [5, 5.41) is 2.56. The molecule has 0 saturated carbocycles. The molecule has 1 aromatic rings. The molecule has 1 aliphatic heterocycles. The molecule has 1 aromatic carbocycles. The van der Waals surface area contributed by atoms with E-state index >= 15 is 0 Å². The zero-order chi connectivity index (χ0) is 14.9. The molecule has 1 N–H and O–H groups in total. The van der Waals surface area contributed by atoms with Gasteiger partial charge in [0, 0.05) is 8.95 Å². The molecule has 8 heteroatoms. The standard InChI is InChI=1S/C12H7Br2ClF3NO/c13-6-3-7(14)5-8(4-6)20-10-9(12(16,17)18)1-2-19-11(10)15/h1-5,11,19H. The molecule has 1 unspecified atom stereocenters. The Morgan fingerprint density at radius 2 is 1.75 bits per heavy atom. The molecule has 0 saturated heterocycles. The SMILES string of the molecule is FC(F)(F)C1=C(Oc2cc(Br)cc(Br)c2)C(Cl)NC=C1. The number of halogens is 6. The predicted molar refractivity (Wildman–Crippen MR) is 77.5 cm³/mol. The summed E-state index contributed by atoms with van der Waals surface area (Å²) in [6, 6.07) is 4.84. The van der Waals surface area contributed by atoms with Crippen LogP contribution in [0.3, 0.4) is 0 Å². The lowest BCUT2D eigenvalue weighted by Crippen LogP contribution is -2.31. The van der Waals surface area contributed by atoms with Gasteiger partial charge in [0.1, 0.15) is 5.75 Å². The van der Waals surface area contributed by atoms with Crippen molar-refractivity contribution in [2.45, 2.75) is 11.7 Å². The highest BCUT2D eigenvalue weighted by atomic mass is 79.9. The van der Waals surface area contributed by atoms with Crippen LogP contribution >= 0.6 is 43.5 Å². The summed E-state index contributed by atoms with van der Waals surface area (Å²) in [4.78, 5) is 0. The summed E-state index contributed by atoms with van der Waals surface area (Å²) in [6.07, 6.45) is -2.50. The van der Waals surface area contributed by atoms with E-state index in [2.05, 4.69) is 37.2 Å². The largest absolute Gasteiger partial charge is 0.457 e. The molecular formula is C12H7Br2ClF3NO. The Hall–Kier alpha value is -0.660. The van der Waals surface area contributed by atoms with Crippen molar-refractivity contribution >= 4 is 43.5 Å². The Morgan fingerprint density at radius 1 is 1.15 bits per heavy atom. The summed E-state index contributed by atoms with van der Waals surface area (Å²) in [5.74, 6) is -0.141. The van der Waals surface area contributed by atoms with E-state index in [4.69, 9.17) is 16.3 Å². The quantitative estimate of drug-likeness (QED) is 0.518. The van der Waals surface area contributed by atoms with E-state index in [9.17, 15) is 13.2 Å². The second-order valence-electron chi connectivity index (χ2n) is 3.85. The van der Waals surface area contributed by atoms with Gasteiger partial charge in [-0.25, -0.2) is 0 Å². The van der Waals surface area contributed by atoms with Crippen molar-refractivity contribution in [3.05, 3.63) is 50.8 Å². The van der Waals surface area contributed by atoms with Crippen molar-refractivity contribution in [2.24, 2.45) is 0 Å². The fourth-order valence-electron chi connectivity index (χ4n) is 1.57. The van der Waals surface area contributed by atoms with Gasteiger partial charge in [0.05, 0.1) is 5.57 Å². The first-order chi connectivity index (χ1) is 9.27. The Bertz CT molecular complexity index is 566. The molecular weight excluding hydrogens is 426 g/mol. The first-order valence-electron chi connectivity index (χ1n) is 5.29. The zero-order valence-corrected chi connectivity index (χ0v) is 13.6. The fraction of sp³-hybridized carbons (Fsp3) is 0.167. The van der Waals surface area contributed by atoms with Crippen LogP contribution in [0.15, 0.2) is 50.8 Å². The van der Waals surface area contributed by atoms with Gasteiger partial charge in [0.25, 0.3) is 0 Å². The Morgan fingerprint density at radius 3 is 2.30 bits per heavy atom. The molecule has 0 amide bonds. The third kappa shape index (κ3) is 3.71. The van der Waals surface area contributed by atoms with Gasteiger partial charge >= 0.3 is 6.18 Å². The minimum atomic E-state index is -4.54. The van der Waals surface area contributed by atoms with Crippen LogP contribution in [0.2, 0.25) is 0 Å². The first kappa shape index (κ1) is 15.7. The highest BCUT2D eigenvalue weighted by molar-refractivity contribution is 9.11. The molecule has 20 heavy (non-hydrogen) atoms. The number of rotatable bonds is 2. The zero-order valence-electron chi connectivity index (χ0n) is 9.64. The number of allylic oxidation sites excluding steroid dienone is 2. The smallest absolute Gasteiger partial charge is 0.419 e. The number of alkyl halides is 4. The molecule has 1 heterocycles. The Labute approximate surface area is 134 Å². The molecule has 1 aliphatic rings. The van der Waals surface area contributed by atoms with Crippen LogP contribution in [-0.4, -0.2) is 11.7 Å². The van der Waals surface area contributed by atoms with Crippen LogP contribution in [0.1, 0.15) is 0 Å². The van der Waals surface area contributed by atoms with Gasteiger partial charge < -0.3 is 10.1 Å².